The summed E-state index contributed by atoms with van der Waals surface area (Å²) in [7, 11) is 5.06. The van der Waals surface area contributed by atoms with Crippen LogP contribution in [0.2, 0.25) is 0 Å². The number of hydrogen-bond donors (Lipinski definition) is 0. The summed E-state index contributed by atoms with van der Waals surface area (Å²) in [5, 5.41) is 0. The fourth-order valence-corrected chi connectivity index (χ4v) is 10.5. The lowest BCUT2D eigenvalue weighted by molar-refractivity contribution is -0.176. The molecular weight excluding hydrogens is 1210 g/mol. The molecule has 504 valence electrons. The molecule has 3 heterocycles. The van der Waals surface area contributed by atoms with Gasteiger partial charge in [-0.25, -0.2) is 19.2 Å². The van der Waals surface area contributed by atoms with E-state index in [4.69, 9.17) is 18.9 Å². The molecule has 0 radical (unpaired) electrons. The number of halogens is 6. The molecule has 92 heavy (non-hydrogen) atoms. The molecule has 8 atom stereocenters. The van der Waals surface area contributed by atoms with E-state index < -0.39 is 131 Å². The second-order valence-corrected chi connectivity index (χ2v) is 25.2. The van der Waals surface area contributed by atoms with Crippen LogP contribution in [0.15, 0.2) is 94.8 Å². The Hall–Kier alpha value is -8.32. The second kappa shape index (κ2) is 31.8. The average Bonchev–Trinajstić information content (AvgIpc) is 0.952. The van der Waals surface area contributed by atoms with Gasteiger partial charge in [0.1, 0.15) is 24.2 Å². The van der Waals surface area contributed by atoms with Crippen molar-refractivity contribution < 1.29 is 83.6 Å². The number of ether oxygens (including phenoxy) is 4. The molecule has 1 saturated heterocycles. The molecule has 26 heteroatoms. The van der Waals surface area contributed by atoms with E-state index in [1.54, 1.807) is 55.4 Å². The maximum Gasteiger partial charge on any atom is 0.417 e. The lowest BCUT2D eigenvalue weighted by atomic mass is 9.99. The van der Waals surface area contributed by atoms with Crippen LogP contribution in [0, 0.1) is 23.7 Å². The van der Waals surface area contributed by atoms with E-state index in [0.717, 1.165) is 40.9 Å². The number of alkyl halides is 6. The van der Waals surface area contributed by atoms with Gasteiger partial charge in [0.2, 0.25) is 0 Å². The molecule has 0 N–H and O–H groups in total. The van der Waals surface area contributed by atoms with Crippen LogP contribution in [-0.2, 0) is 95.6 Å². The molecule has 2 aromatic heterocycles. The van der Waals surface area contributed by atoms with Gasteiger partial charge >= 0.3 is 36.2 Å². The molecule has 1 fully saturated rings. The Morgan fingerprint density at radius 3 is 0.880 bits per heavy atom. The molecule has 1 aliphatic rings. The first-order chi connectivity index (χ1) is 42.8. The summed E-state index contributed by atoms with van der Waals surface area (Å²) in [4.78, 5) is 147. The Kier molecular flexibility index (Phi) is 25.7. The van der Waals surface area contributed by atoms with Crippen molar-refractivity contribution >= 4 is 47.5 Å². The Morgan fingerprint density at radius 1 is 0.370 bits per heavy atom. The van der Waals surface area contributed by atoms with Crippen LogP contribution in [0.4, 0.5) is 26.3 Å². The van der Waals surface area contributed by atoms with Crippen LogP contribution in [0.1, 0.15) is 128 Å². The van der Waals surface area contributed by atoms with Gasteiger partial charge in [0, 0.05) is 65.6 Å². The number of esters is 4. The van der Waals surface area contributed by atoms with Gasteiger partial charge in [0.25, 0.3) is 34.7 Å². The van der Waals surface area contributed by atoms with Gasteiger partial charge in [-0.1, -0.05) is 104 Å². The van der Waals surface area contributed by atoms with Gasteiger partial charge in [-0.3, -0.25) is 28.8 Å². The molecule has 0 saturated carbocycles. The summed E-state index contributed by atoms with van der Waals surface area (Å²) in [6.45, 7) is 16.0. The largest absolute Gasteiger partial charge is 0.451 e. The first-order valence-corrected chi connectivity index (χ1v) is 30.4. The van der Waals surface area contributed by atoms with Crippen molar-refractivity contribution in [3.63, 3.8) is 0 Å². The van der Waals surface area contributed by atoms with Crippen molar-refractivity contribution in [3.05, 3.63) is 139 Å². The molecule has 20 nitrogen and oxygen atoms in total. The van der Waals surface area contributed by atoms with E-state index in [1.165, 1.54) is 90.6 Å². The lowest BCUT2D eigenvalue weighted by Gasteiger charge is -2.35. The van der Waals surface area contributed by atoms with E-state index in [-0.39, 0.29) is 75.3 Å². The van der Waals surface area contributed by atoms with Crippen molar-refractivity contribution in [2.45, 2.75) is 182 Å². The molecule has 4 amide bonds. The summed E-state index contributed by atoms with van der Waals surface area (Å²) < 4.78 is 107. The highest BCUT2D eigenvalue weighted by atomic mass is 19.4. The fraction of sp³-hybridized carbons (Fsp3) is 0.545. The number of rotatable bonds is 16. The summed E-state index contributed by atoms with van der Waals surface area (Å²) >= 11 is 0. The van der Waals surface area contributed by atoms with Gasteiger partial charge in [-0.2, -0.15) is 26.3 Å². The van der Waals surface area contributed by atoms with Crippen LogP contribution < -0.4 is 11.1 Å². The predicted molar refractivity (Wildman–Crippen MR) is 325 cm³/mol. The minimum atomic E-state index is -4.73. The van der Waals surface area contributed by atoms with Crippen molar-refractivity contribution in [3.8, 4) is 0 Å². The number of nitrogens with zero attached hydrogens (tertiary/aromatic N) is 6. The number of hydrogen-bond acceptors (Lipinski definition) is 14. The third-order valence-corrected chi connectivity index (χ3v) is 15.7. The summed E-state index contributed by atoms with van der Waals surface area (Å²) in [5.74, 6) is -9.24. The van der Waals surface area contributed by atoms with E-state index in [2.05, 4.69) is 0 Å². The van der Waals surface area contributed by atoms with E-state index in [0.29, 0.717) is 46.8 Å². The predicted octanol–water partition coefficient (Wildman–Crippen LogP) is 8.12. The third-order valence-electron chi connectivity index (χ3n) is 15.7. The number of pyridine rings is 2. The Bertz CT molecular complexity index is 3150. The quantitative estimate of drug-likeness (QED) is 0.0586. The lowest BCUT2D eigenvalue weighted by Crippen LogP contribution is -2.55. The topological polar surface area (TPSA) is 230 Å². The third kappa shape index (κ3) is 20.3. The zero-order chi connectivity index (χ0) is 69.0. The molecule has 0 unspecified atom stereocenters. The van der Waals surface area contributed by atoms with Crippen LogP contribution in [0.5, 0.6) is 0 Å². The number of benzene rings is 2. The first-order valence-electron chi connectivity index (χ1n) is 30.4. The number of cyclic esters (lactones) is 4. The van der Waals surface area contributed by atoms with Gasteiger partial charge in [0.15, 0.2) is 24.4 Å². The highest BCUT2D eigenvalue weighted by Gasteiger charge is 2.43. The highest BCUT2D eigenvalue weighted by molar-refractivity contribution is 5.94. The Balaban J connectivity index is 1.59. The SMILES string of the molecule is CC(C)C[C@H]1C(=O)O[C@H](Cc2ccc(Cn3cc(C(F)(F)F)ccc3=O)cc2)C(=O)N(C)[C@@H](CC(C)C)C(=O)O[C@H](C)C(=O)N(C)[C@@H](CC(C)C)C(=O)O[C@H](Cc2ccc(Cn3cc(C(F)(F)F)ccc3=O)cc2)C(=O)N(C)[C@@H](CC(C)C)C(=O)O[C@H](C)C(=O)N1C. The molecule has 0 bridgehead atoms. The van der Waals surface area contributed by atoms with Crippen LogP contribution in [0.25, 0.3) is 0 Å². The van der Waals surface area contributed by atoms with Crippen LogP contribution >= 0.6 is 0 Å². The molecule has 0 spiro atoms. The summed E-state index contributed by atoms with van der Waals surface area (Å²) in [6, 6.07) is 9.14. The fourth-order valence-electron chi connectivity index (χ4n) is 10.5. The molecule has 4 aromatic rings. The molecule has 0 aliphatic carbocycles. The minimum absolute atomic E-state index is 0.0608. The van der Waals surface area contributed by atoms with Crippen LogP contribution in [0.3, 0.4) is 0 Å². The zero-order valence-electron chi connectivity index (χ0n) is 54.3. The number of carbonyl (C=O) groups is 8. The maximum absolute atomic E-state index is 15.0. The van der Waals surface area contributed by atoms with Gasteiger partial charge in [-0.15, -0.1) is 0 Å². The Morgan fingerprint density at radius 2 is 0.620 bits per heavy atom. The van der Waals surface area contributed by atoms with E-state index >= 15 is 9.59 Å². The minimum Gasteiger partial charge on any atom is -0.451 e. The average molecular weight is 1300 g/mol. The van der Waals surface area contributed by atoms with Crippen molar-refractivity contribution in [1.29, 1.82) is 0 Å². The van der Waals surface area contributed by atoms with E-state index in [9.17, 15) is 64.7 Å². The monoisotopic (exact) mass is 1300 g/mol. The van der Waals surface area contributed by atoms with Crippen molar-refractivity contribution in [1.82, 2.24) is 28.7 Å². The van der Waals surface area contributed by atoms with Crippen molar-refractivity contribution in [2.24, 2.45) is 23.7 Å². The second-order valence-electron chi connectivity index (χ2n) is 25.2. The van der Waals surface area contributed by atoms with Gasteiger partial charge < -0.3 is 47.7 Å². The summed E-state index contributed by atoms with van der Waals surface area (Å²) in [6.07, 6.45) is -15.8. The molecule has 5 rings (SSSR count). The summed E-state index contributed by atoms with van der Waals surface area (Å²) in [5.41, 5.74) is -2.03. The standard InChI is InChI=1S/C66H84F6N6O14/c1-37(2)27-49-61(85)89-41(9)57(81)73(11)52(30-40(7)8)64(88)92-54(32-44-17-21-46(22-18-44)34-78-36-48(66(70,71)72)24-26-56(78)80)60(84)76(14)50(28-38(3)4)62(86)90-42(10)58(82)74(12)51(29-39(5)6)63(87)91-53(59(83)75(49)13)31-43-15-19-45(20-16-43)33-77-35-47(65(67,68)69)23-25-55(77)79/h15-26,35-42,49-54H,27-34H2,1-14H3/t41-,42-,49+,50+,51+,52+,53-,54-/m1/s1. The normalized spacial score (nSPS) is 22.1. The number of carbonyl (C=O) groups excluding carboxylic acids is 8. The molecule has 2 aromatic carbocycles. The zero-order valence-corrected chi connectivity index (χ0v) is 54.3. The van der Waals surface area contributed by atoms with Crippen LogP contribution in [-0.4, -0.2) is 153 Å². The van der Waals surface area contributed by atoms with Gasteiger partial charge in [-0.05, 0) is 97.6 Å². The molecular formula is C66H84F6N6O14. The van der Waals surface area contributed by atoms with E-state index in [1.807, 2.05) is 0 Å². The first kappa shape index (κ1) is 74.4. The smallest absolute Gasteiger partial charge is 0.417 e. The number of aromatic nitrogens is 2. The van der Waals surface area contributed by atoms with Crippen molar-refractivity contribution in [2.75, 3.05) is 28.2 Å². The number of amides is 4. The highest BCUT2D eigenvalue weighted by Crippen LogP contribution is 2.30. The number of likely N-dealkylation sites (N-methyl/N-ethyl adjacent to an activating group) is 4. The van der Waals surface area contributed by atoms with Gasteiger partial charge in [0.05, 0.1) is 24.2 Å². The Labute approximate surface area is 531 Å². The molecule has 1 aliphatic heterocycles. The maximum atomic E-state index is 15.0.